The lowest BCUT2D eigenvalue weighted by molar-refractivity contribution is 0.103. The van der Waals surface area contributed by atoms with Crippen LogP contribution in [0.5, 0.6) is 23.0 Å². The summed E-state index contributed by atoms with van der Waals surface area (Å²) in [6, 6.07) is 14.0. The van der Waals surface area contributed by atoms with Gasteiger partial charge in [0.15, 0.2) is 5.75 Å². The van der Waals surface area contributed by atoms with Gasteiger partial charge in [-0.1, -0.05) is 0 Å². The van der Waals surface area contributed by atoms with Crippen LogP contribution >= 0.6 is 19.2 Å². The first kappa shape index (κ1) is 30.1. The molecule has 8 nitrogen and oxygen atoms in total. The average Bonchev–Trinajstić information content (AvgIpc) is 3.51. The highest BCUT2D eigenvalue weighted by Crippen LogP contribution is 2.45. The Labute approximate surface area is 245 Å². The van der Waals surface area contributed by atoms with Gasteiger partial charge in [0, 0.05) is 35.3 Å². The number of aryl methyl sites for hydroxylation is 2. The number of likely N-dealkylation sites (tertiary alicyclic amines) is 1. The van der Waals surface area contributed by atoms with Gasteiger partial charge >= 0.3 is 7.82 Å². The van der Waals surface area contributed by atoms with Gasteiger partial charge in [-0.3, -0.25) is 23.9 Å². The number of carbonyl (C=O) groups is 1. The SMILES string of the molecule is Cc1cc(F)cc(C)c1C(=O)c1sc2cc(OP(=O)(O)O)ccc2c1Oc1ccc(O[C@H]2CCN(CCCF)C2)cc1. The third-order valence-corrected chi connectivity index (χ3v) is 8.54. The zero-order valence-electron chi connectivity index (χ0n) is 23.0. The quantitative estimate of drug-likeness (QED) is 0.137. The molecule has 4 aromatic rings. The molecule has 0 bridgehead atoms. The number of carbonyl (C=O) groups excluding carboxylic acids is 1. The molecule has 0 radical (unpaired) electrons. The van der Waals surface area contributed by atoms with Crippen molar-refractivity contribution in [1.82, 2.24) is 4.90 Å². The van der Waals surface area contributed by atoms with E-state index in [0.717, 1.165) is 30.8 Å². The number of rotatable bonds is 11. The van der Waals surface area contributed by atoms with Crippen LogP contribution in [0.2, 0.25) is 0 Å². The molecule has 5 rings (SSSR count). The molecule has 0 amide bonds. The lowest BCUT2D eigenvalue weighted by Gasteiger charge is -2.16. The average molecular weight is 618 g/mol. The molecule has 0 aliphatic carbocycles. The van der Waals surface area contributed by atoms with Gasteiger partial charge in [0.2, 0.25) is 5.78 Å². The second-order valence-corrected chi connectivity index (χ2v) is 12.4. The topological polar surface area (TPSA) is 106 Å². The van der Waals surface area contributed by atoms with E-state index in [0.29, 0.717) is 51.2 Å². The minimum Gasteiger partial charge on any atom is -0.489 e. The summed E-state index contributed by atoms with van der Waals surface area (Å²) in [4.78, 5) is 34.7. The van der Waals surface area contributed by atoms with Crippen molar-refractivity contribution in [3.8, 4) is 23.0 Å². The molecule has 42 heavy (non-hydrogen) atoms. The monoisotopic (exact) mass is 617 g/mol. The second-order valence-electron chi connectivity index (χ2n) is 10.2. The standard InChI is InChI=1S/C30H30F2NO7PS/c1-18-14-20(32)15-19(2)27(18)28(34)30-29(25-9-8-23(16-26(25)42-30)40-41(35,36)37)39-22-6-4-21(5-7-22)38-24-10-13-33(17-24)12-3-11-31/h4-9,14-16,24H,3,10-13,17H2,1-2H3,(H2,35,36,37)/t24-/m0/s1. The van der Waals surface area contributed by atoms with E-state index in [4.69, 9.17) is 14.0 Å². The van der Waals surface area contributed by atoms with E-state index < -0.39 is 13.6 Å². The van der Waals surface area contributed by atoms with Gasteiger partial charge in [-0.15, -0.1) is 11.3 Å². The van der Waals surface area contributed by atoms with Gasteiger partial charge in [0.25, 0.3) is 0 Å². The van der Waals surface area contributed by atoms with Gasteiger partial charge in [-0.05, 0) is 92.4 Å². The van der Waals surface area contributed by atoms with Gasteiger partial charge in [0.05, 0.1) is 6.67 Å². The number of alkyl halides is 1. The number of phosphoric ester groups is 1. The molecule has 2 N–H and O–H groups in total. The van der Waals surface area contributed by atoms with Crippen molar-refractivity contribution >= 4 is 35.0 Å². The highest BCUT2D eigenvalue weighted by Gasteiger charge is 2.27. The fraction of sp³-hybridized carbons (Fsp3) is 0.300. The van der Waals surface area contributed by atoms with Crippen LogP contribution in [0.15, 0.2) is 54.6 Å². The Hall–Kier alpha value is -3.34. The van der Waals surface area contributed by atoms with Gasteiger partial charge in [-0.25, -0.2) is 8.96 Å². The van der Waals surface area contributed by atoms with E-state index in [2.05, 4.69) is 4.90 Å². The zero-order chi connectivity index (χ0) is 30.0. The fourth-order valence-corrected chi connectivity index (χ4v) is 6.65. The van der Waals surface area contributed by atoms with E-state index >= 15 is 0 Å². The summed E-state index contributed by atoms with van der Waals surface area (Å²) >= 11 is 1.08. The summed E-state index contributed by atoms with van der Waals surface area (Å²) in [7, 11) is -4.79. The predicted octanol–water partition coefficient (Wildman–Crippen LogP) is 6.96. The van der Waals surface area contributed by atoms with Crippen LogP contribution < -0.4 is 14.0 Å². The van der Waals surface area contributed by atoms with Crippen LogP contribution in [-0.2, 0) is 4.57 Å². The molecular formula is C30H30F2NO7PS. The molecule has 1 aromatic heterocycles. The van der Waals surface area contributed by atoms with Gasteiger partial charge in [-0.2, -0.15) is 0 Å². The molecule has 12 heteroatoms. The Morgan fingerprint density at radius 3 is 2.38 bits per heavy atom. The normalized spacial score (nSPS) is 15.7. The third-order valence-electron chi connectivity index (χ3n) is 6.95. The first-order valence-electron chi connectivity index (χ1n) is 13.4. The largest absolute Gasteiger partial charge is 0.524 e. The fourth-order valence-electron chi connectivity index (χ4n) is 5.16. The molecular weight excluding hydrogens is 587 g/mol. The highest BCUT2D eigenvalue weighted by atomic mass is 32.1. The molecule has 1 aliphatic heterocycles. The lowest BCUT2D eigenvalue weighted by Crippen LogP contribution is -2.26. The lowest BCUT2D eigenvalue weighted by atomic mass is 9.97. The number of halogens is 2. The maximum Gasteiger partial charge on any atom is 0.524 e. The van der Waals surface area contributed by atoms with Crippen LogP contribution in [0.3, 0.4) is 0 Å². The minimum atomic E-state index is -4.79. The molecule has 0 saturated carbocycles. The number of fused-ring (bicyclic) bond motifs is 1. The summed E-state index contributed by atoms with van der Waals surface area (Å²) in [6.07, 6.45) is 1.37. The van der Waals surface area contributed by atoms with E-state index in [9.17, 15) is 27.9 Å². The second kappa shape index (κ2) is 12.5. The van der Waals surface area contributed by atoms with E-state index in [-0.39, 0.29) is 34.9 Å². The number of phosphoric acid groups is 1. The number of nitrogens with zero attached hydrogens (tertiary/aromatic N) is 1. The number of thiophene rings is 1. The molecule has 1 aliphatic rings. The van der Waals surface area contributed by atoms with Crippen LogP contribution in [0.25, 0.3) is 10.1 Å². The summed E-state index contributed by atoms with van der Waals surface area (Å²) in [5, 5.41) is 0.540. The number of ketones is 1. The molecule has 1 atom stereocenters. The van der Waals surface area contributed by atoms with Crippen molar-refractivity contribution in [2.75, 3.05) is 26.3 Å². The predicted molar refractivity (Wildman–Crippen MR) is 156 cm³/mol. The van der Waals surface area contributed by atoms with Crippen molar-refractivity contribution in [1.29, 1.82) is 0 Å². The first-order valence-corrected chi connectivity index (χ1v) is 15.7. The molecule has 222 valence electrons. The van der Waals surface area contributed by atoms with Crippen LogP contribution in [0, 0.1) is 19.7 Å². The molecule has 2 heterocycles. The van der Waals surface area contributed by atoms with Crippen LogP contribution in [0.1, 0.15) is 39.2 Å². The molecule has 0 spiro atoms. The number of hydrogen-bond donors (Lipinski definition) is 2. The summed E-state index contributed by atoms with van der Waals surface area (Å²) in [6.45, 7) is 5.30. The summed E-state index contributed by atoms with van der Waals surface area (Å²) in [5.41, 5.74) is 1.30. The minimum absolute atomic E-state index is 0.00757. The Kier molecular flexibility index (Phi) is 8.96. The van der Waals surface area contributed by atoms with E-state index in [1.54, 1.807) is 44.2 Å². The van der Waals surface area contributed by atoms with Gasteiger partial charge < -0.3 is 14.0 Å². The maximum atomic E-state index is 14.0. The van der Waals surface area contributed by atoms with E-state index in [1.807, 2.05) is 0 Å². The molecule has 0 unspecified atom stereocenters. The van der Waals surface area contributed by atoms with Crippen molar-refractivity contribution in [2.45, 2.75) is 32.8 Å². The Balaban J connectivity index is 1.44. The van der Waals surface area contributed by atoms with Crippen molar-refractivity contribution < 1.29 is 41.9 Å². The highest BCUT2D eigenvalue weighted by molar-refractivity contribution is 7.46. The number of hydrogen-bond acceptors (Lipinski definition) is 7. The zero-order valence-corrected chi connectivity index (χ0v) is 24.7. The van der Waals surface area contributed by atoms with Crippen LogP contribution in [-0.4, -0.2) is 52.9 Å². The van der Waals surface area contributed by atoms with E-state index in [1.165, 1.54) is 24.3 Å². The van der Waals surface area contributed by atoms with Crippen LogP contribution in [0.4, 0.5) is 8.78 Å². The molecule has 3 aromatic carbocycles. The van der Waals surface area contributed by atoms with Crippen molar-refractivity contribution in [3.63, 3.8) is 0 Å². The summed E-state index contributed by atoms with van der Waals surface area (Å²) < 4.78 is 55.5. The van der Waals surface area contributed by atoms with Crippen molar-refractivity contribution in [3.05, 3.63) is 82.0 Å². The molecule has 1 saturated heterocycles. The first-order chi connectivity index (χ1) is 20.0. The Morgan fingerprint density at radius 2 is 1.71 bits per heavy atom. The maximum absolute atomic E-state index is 14.0. The Bertz CT molecular complexity index is 1630. The van der Waals surface area contributed by atoms with Gasteiger partial charge in [0.1, 0.15) is 34.0 Å². The molecule has 1 fully saturated rings. The van der Waals surface area contributed by atoms with Crippen molar-refractivity contribution in [2.24, 2.45) is 0 Å². The Morgan fingerprint density at radius 1 is 1.05 bits per heavy atom. The smallest absolute Gasteiger partial charge is 0.489 e. The summed E-state index contributed by atoms with van der Waals surface area (Å²) in [5.74, 6) is 0.489. The third kappa shape index (κ3) is 6.99. The number of benzene rings is 3. The number of ether oxygens (including phenoxy) is 2.